The van der Waals surface area contributed by atoms with Gasteiger partial charge in [-0.05, 0) is 57.2 Å². The van der Waals surface area contributed by atoms with E-state index in [0.29, 0.717) is 16.5 Å². The van der Waals surface area contributed by atoms with Crippen molar-refractivity contribution in [2.24, 2.45) is 0 Å². The highest BCUT2D eigenvalue weighted by molar-refractivity contribution is 8.00. The maximum Gasteiger partial charge on any atom is 0.233 e. The number of aryl methyl sites for hydroxylation is 1. The molecule has 0 bridgehead atoms. The number of halogens is 1. The monoisotopic (exact) mass is 438 g/mol. The fraction of sp³-hybridized carbons (Fsp3) is 0.375. The van der Waals surface area contributed by atoms with Crippen molar-refractivity contribution >= 4 is 17.7 Å². The Morgan fingerprint density at radius 1 is 1.13 bits per heavy atom. The number of carbonyl (C=O) groups is 1. The van der Waals surface area contributed by atoms with E-state index in [1.54, 1.807) is 18.2 Å². The zero-order valence-electron chi connectivity index (χ0n) is 17.8. The Morgan fingerprint density at radius 2 is 1.84 bits per heavy atom. The largest absolute Gasteiger partial charge is 0.353 e. The molecule has 1 aliphatic rings. The van der Waals surface area contributed by atoms with Gasteiger partial charge < -0.3 is 5.32 Å². The van der Waals surface area contributed by atoms with Crippen molar-refractivity contribution in [3.05, 3.63) is 66.0 Å². The van der Waals surface area contributed by atoms with Crippen LogP contribution in [0.2, 0.25) is 0 Å². The van der Waals surface area contributed by atoms with Crippen molar-refractivity contribution < 1.29 is 9.18 Å². The van der Waals surface area contributed by atoms with Crippen LogP contribution in [0, 0.1) is 5.82 Å². The summed E-state index contributed by atoms with van der Waals surface area (Å²) >= 11 is 1.38. The number of carbonyl (C=O) groups excluding carboxylic acids is 1. The molecule has 1 heterocycles. The molecule has 1 saturated carbocycles. The standard InChI is InChI=1S/C24H27FN4OS/c1-16(12-13-18-8-4-3-5-9-18)26-23(30)17(2)31-24-28-27-22(29(24)19-14-15-19)20-10-6-7-11-21(20)25/h3-11,16-17,19H,12-15H2,1-2H3,(H,26,30)/t16-,17+/m0/s1. The van der Waals surface area contributed by atoms with Crippen molar-refractivity contribution in [1.29, 1.82) is 0 Å². The Hall–Kier alpha value is -2.67. The van der Waals surface area contributed by atoms with Crippen LogP contribution in [0.25, 0.3) is 11.4 Å². The first kappa shape index (κ1) is 21.6. The van der Waals surface area contributed by atoms with Gasteiger partial charge in [0.15, 0.2) is 11.0 Å². The highest BCUT2D eigenvalue weighted by Crippen LogP contribution is 2.42. The van der Waals surface area contributed by atoms with Crippen molar-refractivity contribution in [2.75, 3.05) is 0 Å². The minimum Gasteiger partial charge on any atom is -0.353 e. The van der Waals surface area contributed by atoms with E-state index >= 15 is 0 Å². The lowest BCUT2D eigenvalue weighted by molar-refractivity contribution is -0.120. The Labute approximate surface area is 186 Å². The topological polar surface area (TPSA) is 59.8 Å². The molecular formula is C24H27FN4OS. The van der Waals surface area contributed by atoms with Crippen LogP contribution in [0.4, 0.5) is 4.39 Å². The maximum atomic E-state index is 14.3. The second kappa shape index (κ2) is 9.64. The summed E-state index contributed by atoms with van der Waals surface area (Å²) in [6, 6.07) is 17.2. The van der Waals surface area contributed by atoms with E-state index in [0.717, 1.165) is 25.7 Å². The molecule has 5 nitrogen and oxygen atoms in total. The molecular weight excluding hydrogens is 411 g/mol. The van der Waals surface area contributed by atoms with Gasteiger partial charge in [0, 0.05) is 12.1 Å². The lowest BCUT2D eigenvalue weighted by Crippen LogP contribution is -2.38. The van der Waals surface area contributed by atoms with E-state index < -0.39 is 0 Å². The summed E-state index contributed by atoms with van der Waals surface area (Å²) in [4.78, 5) is 12.7. The lowest BCUT2D eigenvalue weighted by atomic mass is 10.1. The van der Waals surface area contributed by atoms with Crippen LogP contribution in [0.3, 0.4) is 0 Å². The molecule has 2 atom stereocenters. The Balaban J connectivity index is 1.39. The predicted octanol–water partition coefficient (Wildman–Crippen LogP) is 5.04. The lowest BCUT2D eigenvalue weighted by Gasteiger charge is -2.17. The fourth-order valence-corrected chi connectivity index (χ4v) is 4.45. The molecule has 1 N–H and O–H groups in total. The van der Waals surface area contributed by atoms with E-state index in [9.17, 15) is 9.18 Å². The SMILES string of the molecule is C[C@@H](CCc1ccccc1)NC(=O)[C@@H](C)Sc1nnc(-c2ccccc2F)n1C1CC1. The van der Waals surface area contributed by atoms with Crippen molar-refractivity contribution in [1.82, 2.24) is 20.1 Å². The molecule has 31 heavy (non-hydrogen) atoms. The van der Waals surface area contributed by atoms with E-state index in [-0.39, 0.29) is 29.1 Å². The second-order valence-electron chi connectivity index (χ2n) is 8.08. The number of amides is 1. The third-order valence-corrected chi connectivity index (χ3v) is 6.50. The van der Waals surface area contributed by atoms with Gasteiger partial charge in [0.05, 0.1) is 10.8 Å². The quantitative estimate of drug-likeness (QED) is 0.476. The number of hydrogen-bond acceptors (Lipinski definition) is 4. The maximum absolute atomic E-state index is 14.3. The van der Waals surface area contributed by atoms with Gasteiger partial charge in [-0.15, -0.1) is 10.2 Å². The van der Waals surface area contributed by atoms with Gasteiger partial charge in [0.25, 0.3) is 0 Å². The molecule has 1 amide bonds. The van der Waals surface area contributed by atoms with Crippen LogP contribution >= 0.6 is 11.8 Å². The molecule has 1 aromatic heterocycles. The first-order chi connectivity index (χ1) is 15.0. The summed E-state index contributed by atoms with van der Waals surface area (Å²) in [6.07, 6.45) is 3.84. The van der Waals surface area contributed by atoms with Gasteiger partial charge >= 0.3 is 0 Å². The number of rotatable bonds is 9. The Bertz CT molecular complexity index is 1040. The van der Waals surface area contributed by atoms with Crippen molar-refractivity contribution in [3.8, 4) is 11.4 Å². The average molecular weight is 439 g/mol. The van der Waals surface area contributed by atoms with Crippen LogP contribution in [0.5, 0.6) is 0 Å². The summed E-state index contributed by atoms with van der Waals surface area (Å²) in [5, 5.41) is 12.0. The molecule has 0 aliphatic heterocycles. The third-order valence-electron chi connectivity index (χ3n) is 5.44. The molecule has 162 valence electrons. The molecule has 0 saturated heterocycles. The average Bonchev–Trinajstić information content (AvgIpc) is 3.53. The predicted molar refractivity (Wildman–Crippen MR) is 121 cm³/mol. The minimum absolute atomic E-state index is 0.0247. The number of hydrogen-bond donors (Lipinski definition) is 1. The van der Waals surface area contributed by atoms with E-state index in [1.165, 1.54) is 23.4 Å². The zero-order valence-corrected chi connectivity index (χ0v) is 18.6. The van der Waals surface area contributed by atoms with E-state index in [1.807, 2.05) is 36.6 Å². The van der Waals surface area contributed by atoms with Crippen LogP contribution in [0.15, 0.2) is 59.8 Å². The number of benzene rings is 2. The molecule has 2 aromatic carbocycles. The van der Waals surface area contributed by atoms with Gasteiger partial charge in [0.1, 0.15) is 5.82 Å². The van der Waals surface area contributed by atoms with Gasteiger partial charge in [-0.25, -0.2) is 4.39 Å². The molecule has 1 fully saturated rings. The smallest absolute Gasteiger partial charge is 0.233 e. The fourth-order valence-electron chi connectivity index (χ4n) is 3.52. The Morgan fingerprint density at radius 3 is 2.55 bits per heavy atom. The number of aromatic nitrogens is 3. The van der Waals surface area contributed by atoms with Gasteiger partial charge in [-0.1, -0.05) is 54.2 Å². The molecule has 1 aliphatic carbocycles. The normalized spacial score (nSPS) is 15.5. The van der Waals surface area contributed by atoms with Crippen LogP contribution in [0.1, 0.15) is 44.7 Å². The second-order valence-corrected chi connectivity index (χ2v) is 9.39. The summed E-state index contributed by atoms with van der Waals surface area (Å²) < 4.78 is 16.3. The van der Waals surface area contributed by atoms with Gasteiger partial charge in [-0.3, -0.25) is 9.36 Å². The first-order valence-corrected chi connectivity index (χ1v) is 11.6. The van der Waals surface area contributed by atoms with E-state index in [4.69, 9.17) is 0 Å². The number of nitrogens with one attached hydrogen (secondary N) is 1. The first-order valence-electron chi connectivity index (χ1n) is 10.7. The molecule has 0 spiro atoms. The van der Waals surface area contributed by atoms with Gasteiger partial charge in [-0.2, -0.15) is 0 Å². The molecule has 7 heteroatoms. The van der Waals surface area contributed by atoms with Crippen LogP contribution < -0.4 is 5.32 Å². The van der Waals surface area contributed by atoms with Crippen molar-refractivity contribution in [2.45, 2.75) is 62.0 Å². The molecule has 0 unspecified atom stereocenters. The Kier molecular flexibility index (Phi) is 6.70. The van der Waals surface area contributed by atoms with Crippen LogP contribution in [-0.2, 0) is 11.2 Å². The van der Waals surface area contributed by atoms with Crippen molar-refractivity contribution in [3.63, 3.8) is 0 Å². The van der Waals surface area contributed by atoms with E-state index in [2.05, 4.69) is 27.6 Å². The molecule has 0 radical (unpaired) electrons. The summed E-state index contributed by atoms with van der Waals surface area (Å²) in [5.74, 6) is 0.196. The zero-order chi connectivity index (χ0) is 21.8. The number of thioether (sulfide) groups is 1. The third kappa shape index (κ3) is 5.34. The van der Waals surface area contributed by atoms with Crippen LogP contribution in [-0.4, -0.2) is 32.0 Å². The minimum atomic E-state index is -0.325. The summed E-state index contributed by atoms with van der Waals surface area (Å²) in [6.45, 7) is 3.90. The summed E-state index contributed by atoms with van der Waals surface area (Å²) in [7, 11) is 0. The highest BCUT2D eigenvalue weighted by atomic mass is 32.2. The van der Waals surface area contributed by atoms with Gasteiger partial charge in [0.2, 0.25) is 5.91 Å². The summed E-state index contributed by atoms with van der Waals surface area (Å²) in [5.41, 5.74) is 1.71. The molecule has 3 aromatic rings. The molecule has 4 rings (SSSR count). The highest BCUT2D eigenvalue weighted by Gasteiger charge is 2.32. The number of nitrogens with zero attached hydrogens (tertiary/aromatic N) is 3.